The van der Waals surface area contributed by atoms with Gasteiger partial charge in [-0.1, -0.05) is 51.1 Å². The van der Waals surface area contributed by atoms with E-state index in [2.05, 4.69) is 25.8 Å². The predicted molar refractivity (Wildman–Crippen MR) is 112 cm³/mol. The first-order valence-electron chi connectivity index (χ1n) is 9.28. The standard InChI is InChI=1S/C24H22N2O2/c1-24(2,3)18-13-11-17(12-14-18)22-25-21(23(27)28-22)16-20-10-7-15-26(20)19-8-5-4-6-9-19/h4-16H,1-3H3. The van der Waals surface area contributed by atoms with Gasteiger partial charge >= 0.3 is 5.97 Å². The minimum Gasteiger partial charge on any atom is -0.402 e. The van der Waals surface area contributed by atoms with Crippen LogP contribution in [0.3, 0.4) is 0 Å². The van der Waals surface area contributed by atoms with Crippen LogP contribution in [0.2, 0.25) is 0 Å². The fourth-order valence-corrected chi connectivity index (χ4v) is 3.12. The Bertz CT molecular complexity index is 1070. The number of aromatic nitrogens is 1. The number of carbonyl (C=O) groups excluding carboxylic acids is 1. The molecule has 4 nitrogen and oxygen atoms in total. The number of para-hydroxylation sites is 1. The first-order valence-corrected chi connectivity index (χ1v) is 9.28. The number of cyclic esters (lactones) is 1. The number of aliphatic imine (C=N–C) groups is 1. The van der Waals surface area contributed by atoms with Gasteiger partial charge in [-0.05, 0) is 53.5 Å². The molecule has 0 atom stereocenters. The summed E-state index contributed by atoms with van der Waals surface area (Å²) in [5, 5.41) is 0. The van der Waals surface area contributed by atoms with E-state index < -0.39 is 5.97 Å². The average Bonchev–Trinajstić information content (AvgIpc) is 3.29. The van der Waals surface area contributed by atoms with Gasteiger partial charge in [-0.2, -0.15) is 0 Å². The van der Waals surface area contributed by atoms with Gasteiger partial charge in [0.05, 0.1) is 0 Å². The monoisotopic (exact) mass is 370 g/mol. The van der Waals surface area contributed by atoms with Gasteiger partial charge in [0.25, 0.3) is 0 Å². The number of ether oxygens (including phenoxy) is 1. The van der Waals surface area contributed by atoms with Crippen molar-refractivity contribution < 1.29 is 9.53 Å². The quantitative estimate of drug-likeness (QED) is 0.474. The second-order valence-electron chi connectivity index (χ2n) is 7.80. The van der Waals surface area contributed by atoms with Crippen molar-refractivity contribution in [3.8, 4) is 5.69 Å². The number of esters is 1. The average molecular weight is 370 g/mol. The van der Waals surface area contributed by atoms with Crippen LogP contribution in [-0.4, -0.2) is 16.4 Å². The maximum Gasteiger partial charge on any atom is 0.363 e. The smallest absolute Gasteiger partial charge is 0.363 e. The van der Waals surface area contributed by atoms with Crippen molar-refractivity contribution in [2.75, 3.05) is 0 Å². The third kappa shape index (κ3) is 3.54. The summed E-state index contributed by atoms with van der Waals surface area (Å²) >= 11 is 0. The minimum atomic E-state index is -0.435. The molecule has 2 heterocycles. The second-order valence-corrected chi connectivity index (χ2v) is 7.80. The van der Waals surface area contributed by atoms with Crippen LogP contribution in [0.1, 0.15) is 37.6 Å². The van der Waals surface area contributed by atoms with Gasteiger partial charge in [-0.15, -0.1) is 0 Å². The van der Waals surface area contributed by atoms with Crippen molar-refractivity contribution in [1.82, 2.24) is 4.57 Å². The van der Waals surface area contributed by atoms with Crippen molar-refractivity contribution in [3.05, 3.63) is 95.4 Å². The Labute approximate surface area is 164 Å². The van der Waals surface area contributed by atoms with Crippen LogP contribution < -0.4 is 0 Å². The lowest BCUT2D eigenvalue weighted by Crippen LogP contribution is -2.11. The van der Waals surface area contributed by atoms with E-state index in [1.807, 2.05) is 77.5 Å². The fraction of sp³-hybridized carbons (Fsp3) is 0.167. The van der Waals surface area contributed by atoms with E-state index in [1.165, 1.54) is 5.56 Å². The van der Waals surface area contributed by atoms with E-state index in [0.717, 1.165) is 16.9 Å². The molecule has 4 rings (SSSR count). The number of hydrogen-bond acceptors (Lipinski definition) is 3. The highest BCUT2D eigenvalue weighted by atomic mass is 16.6. The van der Waals surface area contributed by atoms with Gasteiger partial charge < -0.3 is 9.30 Å². The van der Waals surface area contributed by atoms with Crippen LogP contribution >= 0.6 is 0 Å². The molecule has 2 aromatic carbocycles. The normalized spacial score (nSPS) is 15.6. The fourth-order valence-electron chi connectivity index (χ4n) is 3.12. The Hall–Kier alpha value is -3.40. The van der Waals surface area contributed by atoms with Crippen LogP contribution in [0.25, 0.3) is 11.8 Å². The molecule has 140 valence electrons. The maximum absolute atomic E-state index is 12.3. The van der Waals surface area contributed by atoms with E-state index in [4.69, 9.17) is 4.74 Å². The molecular weight excluding hydrogens is 348 g/mol. The summed E-state index contributed by atoms with van der Waals surface area (Å²) in [5.74, 6) is -0.0924. The Kier molecular flexibility index (Phi) is 4.47. The molecule has 1 aliphatic heterocycles. The molecule has 0 saturated heterocycles. The minimum absolute atomic E-state index is 0.0700. The molecule has 0 fully saturated rings. The van der Waals surface area contributed by atoms with E-state index in [9.17, 15) is 4.79 Å². The predicted octanol–water partition coefficient (Wildman–Crippen LogP) is 5.12. The molecule has 0 radical (unpaired) electrons. The number of hydrogen-bond donors (Lipinski definition) is 0. The highest BCUT2D eigenvalue weighted by Crippen LogP contribution is 2.25. The lowest BCUT2D eigenvalue weighted by Gasteiger charge is -2.18. The third-order valence-electron chi connectivity index (χ3n) is 4.72. The molecular formula is C24H22N2O2. The molecule has 0 aliphatic carbocycles. The van der Waals surface area contributed by atoms with E-state index in [0.29, 0.717) is 11.6 Å². The van der Waals surface area contributed by atoms with Gasteiger partial charge in [-0.25, -0.2) is 9.79 Å². The Morgan fingerprint density at radius 2 is 1.64 bits per heavy atom. The lowest BCUT2D eigenvalue weighted by molar-refractivity contribution is -0.129. The van der Waals surface area contributed by atoms with Crippen LogP contribution in [0.15, 0.2) is 83.6 Å². The van der Waals surface area contributed by atoms with Crippen molar-refractivity contribution in [1.29, 1.82) is 0 Å². The van der Waals surface area contributed by atoms with Crippen LogP contribution in [0.5, 0.6) is 0 Å². The molecule has 0 N–H and O–H groups in total. The summed E-state index contributed by atoms with van der Waals surface area (Å²) < 4.78 is 7.42. The number of carbonyl (C=O) groups is 1. The summed E-state index contributed by atoms with van der Waals surface area (Å²) in [4.78, 5) is 16.8. The summed E-state index contributed by atoms with van der Waals surface area (Å²) in [6.45, 7) is 6.49. The third-order valence-corrected chi connectivity index (χ3v) is 4.72. The zero-order valence-corrected chi connectivity index (χ0v) is 16.2. The number of rotatable bonds is 3. The van der Waals surface area contributed by atoms with Gasteiger partial charge in [0.2, 0.25) is 5.90 Å². The van der Waals surface area contributed by atoms with E-state index in [1.54, 1.807) is 6.08 Å². The van der Waals surface area contributed by atoms with Gasteiger partial charge in [-0.3, -0.25) is 0 Å². The molecule has 3 aromatic rings. The molecule has 4 heteroatoms. The zero-order valence-electron chi connectivity index (χ0n) is 16.2. The molecule has 0 spiro atoms. The molecule has 0 bridgehead atoms. The molecule has 0 saturated carbocycles. The van der Waals surface area contributed by atoms with Crippen LogP contribution in [-0.2, 0) is 14.9 Å². The molecule has 1 aromatic heterocycles. The molecule has 28 heavy (non-hydrogen) atoms. The molecule has 1 aliphatic rings. The second kappa shape index (κ2) is 6.97. The zero-order chi connectivity index (χ0) is 19.7. The summed E-state index contributed by atoms with van der Waals surface area (Å²) in [7, 11) is 0. The SMILES string of the molecule is CC(C)(C)c1ccc(C2=NC(=Cc3cccn3-c3ccccc3)C(=O)O2)cc1. The van der Waals surface area contributed by atoms with E-state index in [-0.39, 0.29) is 5.41 Å². The topological polar surface area (TPSA) is 43.6 Å². The highest BCUT2D eigenvalue weighted by Gasteiger charge is 2.25. The van der Waals surface area contributed by atoms with Crippen molar-refractivity contribution in [2.24, 2.45) is 4.99 Å². The van der Waals surface area contributed by atoms with Crippen molar-refractivity contribution in [2.45, 2.75) is 26.2 Å². The summed E-state index contributed by atoms with van der Waals surface area (Å²) in [6.07, 6.45) is 3.71. The number of benzene rings is 2. The Morgan fingerprint density at radius 3 is 2.32 bits per heavy atom. The van der Waals surface area contributed by atoms with Gasteiger partial charge in [0.15, 0.2) is 5.70 Å². The first-order chi connectivity index (χ1) is 13.4. The highest BCUT2D eigenvalue weighted by molar-refractivity contribution is 6.12. The van der Waals surface area contributed by atoms with Gasteiger partial charge in [0, 0.05) is 23.1 Å². The van der Waals surface area contributed by atoms with Gasteiger partial charge in [0.1, 0.15) is 0 Å². The maximum atomic E-state index is 12.3. The van der Waals surface area contributed by atoms with Crippen LogP contribution in [0, 0.1) is 0 Å². The van der Waals surface area contributed by atoms with Crippen LogP contribution in [0.4, 0.5) is 0 Å². The molecule has 0 unspecified atom stereocenters. The van der Waals surface area contributed by atoms with E-state index >= 15 is 0 Å². The lowest BCUT2D eigenvalue weighted by atomic mass is 9.87. The van der Waals surface area contributed by atoms with Crippen molar-refractivity contribution in [3.63, 3.8) is 0 Å². The van der Waals surface area contributed by atoms with Crippen molar-refractivity contribution >= 4 is 17.9 Å². The Balaban J connectivity index is 1.65. The largest absolute Gasteiger partial charge is 0.402 e. The first kappa shape index (κ1) is 18.0. The molecule has 0 amide bonds. The number of nitrogens with zero attached hydrogens (tertiary/aromatic N) is 2. The summed E-state index contributed by atoms with van der Waals surface area (Å²) in [5.41, 5.74) is 4.27. The summed E-state index contributed by atoms with van der Waals surface area (Å²) in [6, 6.07) is 21.8. The Morgan fingerprint density at radius 1 is 0.929 bits per heavy atom.